The van der Waals surface area contributed by atoms with Crippen LogP contribution in [0.2, 0.25) is 0 Å². The number of nitrogens with two attached hydrogens (primary N) is 2. The number of sulfone groups is 3. The second-order valence-electron chi connectivity index (χ2n) is 28.6. The summed E-state index contributed by atoms with van der Waals surface area (Å²) >= 11 is 0. The lowest BCUT2D eigenvalue weighted by Crippen LogP contribution is -2.29. The van der Waals surface area contributed by atoms with Crippen LogP contribution in [0.25, 0.3) is 0 Å². The minimum absolute atomic E-state index is 0.0233. The molecule has 6 amide bonds. The number of Topliss-reactive ketones (excluding diaryl/α,β-unsaturated/α-hetero) is 1. The number of anilines is 6. The number of carbonyl (C=O) groups excluding carboxylic acids is 9. The molecular formula is C101H87N7O26S3. The van der Waals surface area contributed by atoms with Gasteiger partial charge < -0.3 is 75.2 Å². The molecule has 8 N–H and O–H groups in total. The van der Waals surface area contributed by atoms with Crippen molar-refractivity contribution in [1.29, 1.82) is 0 Å². The van der Waals surface area contributed by atoms with E-state index in [1.807, 2.05) is 0 Å². The van der Waals surface area contributed by atoms with Gasteiger partial charge >= 0.3 is 23.9 Å². The maximum Gasteiger partial charge on any atom is 0.338 e. The van der Waals surface area contributed by atoms with Crippen LogP contribution in [0.5, 0.6) is 69.0 Å². The number of cyclic esters (lactones) is 2. The predicted octanol–water partition coefficient (Wildman–Crippen LogP) is 17.1. The number of imide groups is 2. The molecule has 700 valence electrons. The molecule has 36 heteroatoms. The van der Waals surface area contributed by atoms with Gasteiger partial charge in [0.1, 0.15) is 74.8 Å². The van der Waals surface area contributed by atoms with Gasteiger partial charge in [0.2, 0.25) is 41.3 Å². The maximum absolute atomic E-state index is 13.2. The Morgan fingerprint density at radius 2 is 0.577 bits per heavy atom. The molecule has 33 nitrogen and oxygen atoms in total. The average molecular weight is 1910 g/mol. The van der Waals surface area contributed by atoms with E-state index in [4.69, 9.17) is 51.5 Å². The second-order valence-corrected chi connectivity index (χ2v) is 34.4. The topological polar surface area (TPSA) is 481 Å². The van der Waals surface area contributed by atoms with E-state index in [0.717, 1.165) is 34.1 Å². The Labute approximate surface area is 788 Å². The van der Waals surface area contributed by atoms with Gasteiger partial charge in [-0.05, 0) is 252 Å². The number of carbonyl (C=O) groups is 11. The summed E-state index contributed by atoms with van der Waals surface area (Å²) in [6.07, 6.45) is 10.1. The zero-order valence-electron chi connectivity index (χ0n) is 74.2. The van der Waals surface area contributed by atoms with Crippen LogP contribution in [0.1, 0.15) is 36.0 Å². The van der Waals surface area contributed by atoms with Crippen LogP contribution in [0, 0.1) is 0 Å². The first kappa shape index (κ1) is 100. The molecule has 0 bridgehead atoms. The molecule has 3 aliphatic heterocycles. The summed E-state index contributed by atoms with van der Waals surface area (Å²) in [6, 6.07) is 75.2. The van der Waals surface area contributed by atoms with E-state index >= 15 is 0 Å². The molecule has 0 saturated heterocycles. The van der Waals surface area contributed by atoms with Gasteiger partial charge in [0.15, 0.2) is 0 Å². The molecule has 137 heavy (non-hydrogen) atoms. The van der Waals surface area contributed by atoms with Crippen LogP contribution in [-0.4, -0.2) is 125 Å². The number of nitrogen functional groups attached to an aromatic ring is 2. The molecule has 0 saturated carbocycles. The van der Waals surface area contributed by atoms with Crippen molar-refractivity contribution in [2.75, 3.05) is 51.5 Å². The molecule has 12 aromatic rings. The van der Waals surface area contributed by atoms with Gasteiger partial charge in [-0.25, -0.2) is 54.2 Å². The Morgan fingerprint density at radius 1 is 0.343 bits per heavy atom. The van der Waals surface area contributed by atoms with Crippen LogP contribution in [0.3, 0.4) is 0 Å². The first-order valence-electron chi connectivity index (χ1n) is 41.7. The van der Waals surface area contributed by atoms with Gasteiger partial charge in [-0.2, -0.15) is 0 Å². The van der Waals surface area contributed by atoms with Crippen LogP contribution in [0.4, 0.5) is 34.1 Å². The highest BCUT2D eigenvalue weighted by molar-refractivity contribution is 7.92. The molecule has 15 rings (SSSR count). The standard InChI is InChI=1S/C32H24N2O10S.C32H20N2O8S.C24H20N2O4S.C6H15N.C4H2O3.C3H6O/c35-29(15-17-31(37)38)33-21-3-1-5-25(19-21)43-23-7-11-27(12-8-23)45(41,42)28-13-9-24(10-14-28)44-26-6-2-4-22(20-26)34-30(36)16-18-32(39)40;35-29-15-16-30(36)33(29)21-3-1-5-25(19-21)41-23-7-11-27(12-8-23)43(39,40)28-13-9-24(10-14-28)42-26-6-2-4-22(20-26)34-31(37)17-18-32(34)38;25-17-3-1-5-21(15-17)29-19-7-11-23(12-8-19)31(27,28)24-13-9-20(10-14-24)30-22-6-2-4-18(26)16-22;1-4-7(5-2)6-3;5-3-1-2-4(6)7-3;1-3(2)4/h1-20H,(H,33,35)(H,34,36)(H,37,38)(H,39,40);1-20H;1-16H,25-26H2;4-6H2,1-3H3;1-2H;1-2H3/b17-15+,18-16+;;;;;/i;;;;;1D. The van der Waals surface area contributed by atoms with E-state index in [9.17, 15) is 78.0 Å². The zero-order valence-corrected chi connectivity index (χ0v) is 75.7. The highest BCUT2D eigenvalue weighted by Crippen LogP contribution is 2.37. The Morgan fingerprint density at radius 3 is 0.788 bits per heavy atom. The first-order valence-corrected chi connectivity index (χ1v) is 45.5. The summed E-state index contributed by atoms with van der Waals surface area (Å²) in [7, 11) is -11.4. The summed E-state index contributed by atoms with van der Waals surface area (Å²) in [5, 5.41) is 22.3. The molecule has 0 fully saturated rings. The van der Waals surface area contributed by atoms with Crippen molar-refractivity contribution in [3.8, 4) is 69.0 Å². The monoisotopic (exact) mass is 1910 g/mol. The molecule has 0 unspecified atom stereocenters. The minimum atomic E-state index is -3.88. The summed E-state index contributed by atoms with van der Waals surface area (Å²) in [5.74, 6) is -1.83. The van der Waals surface area contributed by atoms with Gasteiger partial charge in [0, 0.05) is 121 Å². The third kappa shape index (κ3) is 30.5. The van der Waals surface area contributed by atoms with Gasteiger partial charge in [-0.3, -0.25) is 28.8 Å². The van der Waals surface area contributed by atoms with E-state index in [0.29, 0.717) is 115 Å². The average Bonchev–Trinajstić information content (AvgIpc) is 0.963. The van der Waals surface area contributed by atoms with E-state index < -0.39 is 88.8 Å². The fourth-order valence-corrected chi connectivity index (χ4v) is 15.9. The van der Waals surface area contributed by atoms with Crippen LogP contribution in [0.15, 0.2) is 381 Å². The number of aliphatic carboxylic acids is 2. The number of hydrogen-bond donors (Lipinski definition) is 6. The summed E-state index contributed by atoms with van der Waals surface area (Å²) in [5.41, 5.74) is 14.1. The highest BCUT2D eigenvalue weighted by atomic mass is 32.2. The third-order valence-electron chi connectivity index (χ3n) is 18.6. The lowest BCUT2D eigenvalue weighted by molar-refractivity contribution is -0.150. The molecule has 0 atom stereocenters. The zero-order chi connectivity index (χ0) is 99.6. The van der Waals surface area contributed by atoms with Crippen LogP contribution in [-0.2, 0) is 87.0 Å². The number of benzene rings is 12. The fraction of sp³-hybridized carbons (Fsp3) is 0.0792. The van der Waals surface area contributed by atoms with E-state index in [1.165, 1.54) is 196 Å². The number of esters is 2. The number of ketones is 1. The van der Waals surface area contributed by atoms with Gasteiger partial charge in [0.25, 0.3) is 23.6 Å². The smallest absolute Gasteiger partial charge is 0.338 e. The van der Waals surface area contributed by atoms with Crippen molar-refractivity contribution in [3.63, 3.8) is 0 Å². The van der Waals surface area contributed by atoms with Crippen LogP contribution < -0.4 is 60.3 Å². The summed E-state index contributed by atoms with van der Waals surface area (Å²) in [6.45, 7) is 11.4. The molecule has 0 aliphatic carbocycles. The van der Waals surface area contributed by atoms with Crippen molar-refractivity contribution in [2.24, 2.45) is 0 Å². The number of carboxylic acids is 2. The first-order chi connectivity index (χ1) is 66.0. The molecule has 0 spiro atoms. The number of nitrogens with zero attached hydrogens (tertiary/aromatic N) is 3. The van der Waals surface area contributed by atoms with Crippen molar-refractivity contribution in [2.45, 2.75) is 64.0 Å². The van der Waals surface area contributed by atoms with Crippen molar-refractivity contribution in [1.82, 2.24) is 4.90 Å². The number of nitrogens with one attached hydrogen (secondary N) is 2. The van der Waals surface area contributed by atoms with E-state index in [-0.39, 0.29) is 42.1 Å². The molecule has 12 aromatic carbocycles. The van der Waals surface area contributed by atoms with Crippen molar-refractivity contribution in [3.05, 3.63) is 352 Å². The number of carboxylic acid groups (broad SMARTS) is 2. The van der Waals surface area contributed by atoms with Gasteiger partial charge in [0.05, 0.1) is 40.7 Å². The van der Waals surface area contributed by atoms with Crippen LogP contribution >= 0.6 is 0 Å². The van der Waals surface area contributed by atoms with E-state index in [1.54, 1.807) is 146 Å². The largest absolute Gasteiger partial charge is 0.478 e. The third-order valence-corrected chi connectivity index (χ3v) is 23.9. The second kappa shape index (κ2) is 48.1. The molecule has 0 radical (unpaired) electrons. The molecular weight excluding hydrogens is 1820 g/mol. The summed E-state index contributed by atoms with van der Waals surface area (Å²) in [4.78, 5) is 127. The Balaban J connectivity index is 0.000000196. The number of hydrogen-bond acceptors (Lipinski definition) is 27. The Kier molecular flexibility index (Phi) is 35.1. The molecule has 0 aromatic heterocycles. The van der Waals surface area contributed by atoms with E-state index in [2.05, 4.69) is 41.0 Å². The Bertz CT molecular complexity index is 6590. The maximum atomic E-state index is 13.2. The molecule has 3 heterocycles. The number of rotatable bonds is 29. The molecule has 3 aliphatic rings. The van der Waals surface area contributed by atoms with Crippen molar-refractivity contribution < 1.29 is 123 Å². The highest BCUT2D eigenvalue weighted by Gasteiger charge is 2.28. The van der Waals surface area contributed by atoms with Gasteiger partial charge in [-0.1, -0.05) is 57.2 Å². The minimum Gasteiger partial charge on any atom is -0.478 e. The number of amides is 6. The summed E-state index contributed by atoms with van der Waals surface area (Å²) < 4.78 is 124. The number of ether oxygens (including phenoxy) is 7. The predicted molar refractivity (Wildman–Crippen MR) is 507 cm³/mol. The SMILES string of the molecule is CCN(CC)CC.Nc1cccc(Oc2ccc(S(=O)(=O)c3ccc(Oc4cccc(N)c4)cc3)cc2)c1.O=C(O)/C=C/C(=O)Nc1cccc(Oc2ccc(S(=O)(=O)c3ccc(Oc4cccc(NC(=O)/C=C/C(=O)O)c4)cc3)cc2)c1.O=C1C=CC(=O)N1c1cccc(Oc2ccc(S(=O)(=O)c3ccc(Oc4cccc(N5C(=O)C=CC5=O)c4)cc3)cc2)c1.O=C1C=CC(=O)O1.[2H]CC(C)=O. The lowest BCUT2D eigenvalue weighted by Gasteiger charge is -2.15. The quantitative estimate of drug-likeness (QED) is 0.00833. The van der Waals surface area contributed by atoms with Crippen molar-refractivity contribution >= 4 is 129 Å². The lowest BCUT2D eigenvalue weighted by atomic mass is 10.2. The fourth-order valence-electron chi connectivity index (χ4n) is 12.1. The van der Waals surface area contributed by atoms with Gasteiger partial charge in [-0.15, -0.1) is 0 Å². The normalized spacial score (nSPS) is 12.5. The Hall–Kier alpha value is -17.5.